The van der Waals surface area contributed by atoms with Crippen molar-refractivity contribution in [1.82, 2.24) is 5.32 Å². The van der Waals surface area contributed by atoms with E-state index in [1.54, 1.807) is 24.3 Å². The summed E-state index contributed by atoms with van der Waals surface area (Å²) in [5, 5.41) is 6.66. The van der Waals surface area contributed by atoms with Gasteiger partial charge in [-0.05, 0) is 60.8 Å². The summed E-state index contributed by atoms with van der Waals surface area (Å²) in [6, 6.07) is 14.6. The van der Waals surface area contributed by atoms with Gasteiger partial charge in [-0.3, -0.25) is 5.32 Å². The van der Waals surface area contributed by atoms with Gasteiger partial charge >= 0.3 is 6.09 Å². The molecule has 1 unspecified atom stereocenters. The summed E-state index contributed by atoms with van der Waals surface area (Å²) in [6.07, 6.45) is 0.642. The molecule has 4 nitrogen and oxygen atoms in total. The van der Waals surface area contributed by atoms with Crippen LogP contribution in [0, 0.1) is 0 Å². The van der Waals surface area contributed by atoms with Crippen LogP contribution in [0.1, 0.15) is 17.9 Å². The maximum Gasteiger partial charge on any atom is 0.417 e. The number of nitrogens with one attached hydrogen (secondary N) is 2. The highest BCUT2D eigenvalue weighted by Crippen LogP contribution is 2.23. The lowest BCUT2D eigenvalue weighted by atomic mass is 9.98. The number of benzene rings is 2. The SMILES string of the molecule is Cl.O=C(Nc1ccc(C2CCNC2)cc1)Oc1ccc(Cl)cc1. The van der Waals surface area contributed by atoms with Crippen LogP contribution in [-0.2, 0) is 0 Å². The zero-order valence-corrected chi connectivity index (χ0v) is 14.0. The Labute approximate surface area is 146 Å². The lowest BCUT2D eigenvalue weighted by Crippen LogP contribution is -2.16. The Kier molecular flexibility index (Phi) is 6.28. The van der Waals surface area contributed by atoms with Crippen molar-refractivity contribution in [2.45, 2.75) is 12.3 Å². The second kappa shape index (κ2) is 8.20. The number of ether oxygens (including phenoxy) is 1. The maximum atomic E-state index is 11.8. The summed E-state index contributed by atoms with van der Waals surface area (Å²) < 4.78 is 5.18. The van der Waals surface area contributed by atoms with Gasteiger partial charge in [0.2, 0.25) is 0 Å². The van der Waals surface area contributed by atoms with Gasteiger partial charge in [0.25, 0.3) is 0 Å². The summed E-state index contributed by atoms with van der Waals surface area (Å²) in [6.45, 7) is 2.09. The molecular formula is C17H18Cl2N2O2. The molecule has 1 aliphatic rings. The number of hydrogen-bond acceptors (Lipinski definition) is 3. The average Bonchev–Trinajstić information content (AvgIpc) is 3.05. The van der Waals surface area contributed by atoms with Gasteiger partial charge in [-0.25, -0.2) is 4.79 Å². The molecule has 1 amide bonds. The van der Waals surface area contributed by atoms with E-state index < -0.39 is 6.09 Å². The molecule has 122 valence electrons. The number of hydrogen-bond donors (Lipinski definition) is 2. The van der Waals surface area contributed by atoms with Crippen LogP contribution in [0.15, 0.2) is 48.5 Å². The van der Waals surface area contributed by atoms with Gasteiger partial charge in [0, 0.05) is 17.3 Å². The van der Waals surface area contributed by atoms with Crippen molar-refractivity contribution in [1.29, 1.82) is 0 Å². The molecule has 1 heterocycles. The lowest BCUT2D eigenvalue weighted by molar-refractivity contribution is 0.215. The summed E-state index contributed by atoms with van der Waals surface area (Å²) in [5.41, 5.74) is 2.01. The van der Waals surface area contributed by atoms with Crippen LogP contribution in [0.25, 0.3) is 0 Å². The van der Waals surface area contributed by atoms with E-state index in [1.807, 2.05) is 12.1 Å². The van der Waals surface area contributed by atoms with Gasteiger partial charge in [-0.15, -0.1) is 12.4 Å². The monoisotopic (exact) mass is 352 g/mol. The zero-order valence-electron chi connectivity index (χ0n) is 12.4. The summed E-state index contributed by atoms with van der Waals surface area (Å²) >= 11 is 5.79. The Balaban J connectivity index is 0.00000192. The highest BCUT2D eigenvalue weighted by molar-refractivity contribution is 6.30. The van der Waals surface area contributed by atoms with E-state index in [0.717, 1.165) is 19.5 Å². The molecule has 0 aliphatic carbocycles. The Morgan fingerprint density at radius 1 is 1.13 bits per heavy atom. The Hall–Kier alpha value is -1.75. The lowest BCUT2D eigenvalue weighted by Gasteiger charge is -2.10. The Morgan fingerprint density at radius 3 is 2.43 bits per heavy atom. The molecule has 0 aromatic heterocycles. The normalized spacial score (nSPS) is 16.5. The maximum absolute atomic E-state index is 11.8. The summed E-state index contributed by atoms with van der Waals surface area (Å²) in [4.78, 5) is 11.8. The van der Waals surface area contributed by atoms with E-state index >= 15 is 0 Å². The molecular weight excluding hydrogens is 335 g/mol. The minimum atomic E-state index is -0.516. The van der Waals surface area contributed by atoms with E-state index in [2.05, 4.69) is 22.8 Å². The fourth-order valence-electron chi connectivity index (χ4n) is 2.53. The van der Waals surface area contributed by atoms with Crippen LogP contribution in [0.5, 0.6) is 5.75 Å². The summed E-state index contributed by atoms with van der Waals surface area (Å²) in [5.74, 6) is 1.02. The predicted molar refractivity (Wildman–Crippen MR) is 95.0 cm³/mol. The molecule has 2 aromatic carbocycles. The van der Waals surface area contributed by atoms with E-state index in [1.165, 1.54) is 5.56 Å². The van der Waals surface area contributed by atoms with Crippen LogP contribution in [0.4, 0.5) is 10.5 Å². The van der Waals surface area contributed by atoms with Crippen molar-refractivity contribution in [2.24, 2.45) is 0 Å². The molecule has 0 spiro atoms. The number of carbonyl (C=O) groups is 1. The van der Waals surface area contributed by atoms with Crippen LogP contribution in [0.3, 0.4) is 0 Å². The van der Waals surface area contributed by atoms with E-state index in [9.17, 15) is 4.79 Å². The topological polar surface area (TPSA) is 50.4 Å². The number of amides is 1. The third-order valence-corrected chi connectivity index (χ3v) is 3.96. The third-order valence-electron chi connectivity index (χ3n) is 3.71. The second-order valence-corrected chi connectivity index (χ2v) is 5.72. The fraction of sp³-hybridized carbons (Fsp3) is 0.235. The first-order chi connectivity index (χ1) is 10.7. The molecule has 1 fully saturated rings. The van der Waals surface area contributed by atoms with Crippen molar-refractivity contribution in [2.75, 3.05) is 18.4 Å². The van der Waals surface area contributed by atoms with Gasteiger partial charge in [-0.1, -0.05) is 23.7 Å². The van der Waals surface area contributed by atoms with Gasteiger partial charge < -0.3 is 10.1 Å². The largest absolute Gasteiger partial charge is 0.417 e. The van der Waals surface area contributed by atoms with E-state index in [0.29, 0.717) is 22.4 Å². The number of anilines is 1. The van der Waals surface area contributed by atoms with E-state index in [4.69, 9.17) is 16.3 Å². The van der Waals surface area contributed by atoms with E-state index in [-0.39, 0.29) is 12.4 Å². The molecule has 2 aromatic rings. The molecule has 6 heteroatoms. The van der Waals surface area contributed by atoms with Crippen molar-refractivity contribution < 1.29 is 9.53 Å². The van der Waals surface area contributed by atoms with Crippen LogP contribution < -0.4 is 15.4 Å². The van der Waals surface area contributed by atoms with Gasteiger partial charge in [0.15, 0.2) is 0 Å². The first-order valence-corrected chi connectivity index (χ1v) is 7.63. The van der Waals surface area contributed by atoms with Crippen LogP contribution >= 0.6 is 24.0 Å². The first kappa shape index (κ1) is 17.6. The van der Waals surface area contributed by atoms with Crippen LogP contribution in [-0.4, -0.2) is 19.2 Å². The molecule has 1 aliphatic heterocycles. The van der Waals surface area contributed by atoms with Crippen molar-refractivity contribution in [3.63, 3.8) is 0 Å². The Bertz CT molecular complexity index is 639. The van der Waals surface area contributed by atoms with Crippen molar-refractivity contribution >= 4 is 35.8 Å². The first-order valence-electron chi connectivity index (χ1n) is 7.26. The Morgan fingerprint density at radius 2 is 1.83 bits per heavy atom. The molecule has 3 rings (SSSR count). The molecule has 0 saturated carbocycles. The quantitative estimate of drug-likeness (QED) is 0.857. The highest BCUT2D eigenvalue weighted by atomic mass is 35.5. The number of rotatable bonds is 3. The molecule has 1 atom stereocenters. The smallest absolute Gasteiger partial charge is 0.410 e. The zero-order chi connectivity index (χ0) is 15.4. The van der Waals surface area contributed by atoms with Crippen molar-refractivity contribution in [3.8, 4) is 5.75 Å². The predicted octanol–water partition coefficient (Wildman–Crippen LogP) is 4.45. The number of carbonyl (C=O) groups excluding carboxylic acids is 1. The number of halogens is 2. The highest BCUT2D eigenvalue weighted by Gasteiger charge is 2.16. The molecule has 2 N–H and O–H groups in total. The standard InChI is InChI=1S/C17H17ClN2O2.ClH/c18-14-3-7-16(8-4-14)22-17(21)20-15-5-1-12(2-6-15)13-9-10-19-11-13;/h1-8,13,19H,9-11H2,(H,20,21);1H. The minimum absolute atomic E-state index is 0. The van der Waals surface area contributed by atoms with Crippen LogP contribution in [0.2, 0.25) is 5.02 Å². The minimum Gasteiger partial charge on any atom is -0.410 e. The molecule has 0 bridgehead atoms. The van der Waals surface area contributed by atoms with Gasteiger partial charge in [0.1, 0.15) is 5.75 Å². The average molecular weight is 353 g/mol. The second-order valence-electron chi connectivity index (χ2n) is 5.28. The third kappa shape index (κ3) is 4.86. The van der Waals surface area contributed by atoms with Gasteiger partial charge in [-0.2, -0.15) is 0 Å². The molecule has 0 radical (unpaired) electrons. The molecule has 23 heavy (non-hydrogen) atoms. The fourth-order valence-corrected chi connectivity index (χ4v) is 2.66. The molecule has 1 saturated heterocycles. The summed E-state index contributed by atoms with van der Waals surface area (Å²) in [7, 11) is 0. The van der Waals surface area contributed by atoms with Gasteiger partial charge in [0.05, 0.1) is 0 Å². The van der Waals surface area contributed by atoms with Crippen molar-refractivity contribution in [3.05, 3.63) is 59.1 Å².